The molecule has 0 amide bonds. The zero-order chi connectivity index (χ0) is 14.4. The first kappa shape index (κ1) is 14.1. The topological polar surface area (TPSA) is 69.6 Å². The number of aliphatic hydroxyl groups is 1. The highest BCUT2D eigenvalue weighted by molar-refractivity contribution is 5.87. The number of carboxylic acid groups (broad SMARTS) is 1. The van der Waals surface area contributed by atoms with Crippen molar-refractivity contribution in [3.05, 3.63) is 65.2 Å². The van der Waals surface area contributed by atoms with E-state index in [0.717, 1.165) is 16.8 Å². The van der Waals surface area contributed by atoms with Crippen LogP contribution < -0.4 is 5.32 Å². The minimum absolute atomic E-state index is 0.155. The summed E-state index contributed by atoms with van der Waals surface area (Å²) >= 11 is 0. The van der Waals surface area contributed by atoms with E-state index in [4.69, 9.17) is 10.2 Å². The van der Waals surface area contributed by atoms with Crippen molar-refractivity contribution in [1.82, 2.24) is 0 Å². The molecule has 0 atom stereocenters. The smallest absolute Gasteiger partial charge is 0.335 e. The van der Waals surface area contributed by atoms with Gasteiger partial charge in [-0.1, -0.05) is 24.3 Å². The summed E-state index contributed by atoms with van der Waals surface area (Å²) in [6.45, 7) is 0.794. The van der Waals surface area contributed by atoms with E-state index in [2.05, 4.69) is 5.32 Å². The molecule has 0 saturated heterocycles. The van der Waals surface area contributed by atoms with Crippen LogP contribution in [0.1, 0.15) is 21.5 Å². The molecule has 0 aliphatic heterocycles. The summed E-state index contributed by atoms with van der Waals surface area (Å²) in [6, 6.07) is 14.7. The van der Waals surface area contributed by atoms with Gasteiger partial charge in [0.05, 0.1) is 5.56 Å². The van der Waals surface area contributed by atoms with Crippen molar-refractivity contribution in [3.8, 4) is 0 Å². The summed E-state index contributed by atoms with van der Waals surface area (Å²) < 4.78 is 0. The Kier molecular flexibility index (Phi) is 4.74. The molecule has 4 nitrogen and oxygen atoms in total. The van der Waals surface area contributed by atoms with Crippen molar-refractivity contribution in [1.29, 1.82) is 0 Å². The third-order valence-electron chi connectivity index (χ3n) is 3.05. The average molecular weight is 271 g/mol. The van der Waals surface area contributed by atoms with E-state index in [9.17, 15) is 4.79 Å². The van der Waals surface area contributed by atoms with Gasteiger partial charge < -0.3 is 15.5 Å². The summed E-state index contributed by atoms with van der Waals surface area (Å²) in [7, 11) is 0. The minimum Gasteiger partial charge on any atom is -0.478 e. The van der Waals surface area contributed by atoms with Crippen LogP contribution in [-0.4, -0.2) is 22.8 Å². The van der Waals surface area contributed by atoms with Crippen LogP contribution in [0.3, 0.4) is 0 Å². The summed E-state index contributed by atoms with van der Waals surface area (Å²) in [5.41, 5.74) is 3.41. The Hall–Kier alpha value is -2.33. The SMILES string of the molecule is O=C(O)c1ccc(CNc2ccc(CCO)cc2)cc1. The number of aliphatic hydroxyl groups excluding tert-OH is 1. The molecule has 104 valence electrons. The lowest BCUT2D eigenvalue weighted by Crippen LogP contribution is -2.01. The zero-order valence-electron chi connectivity index (χ0n) is 11.0. The molecular formula is C16H17NO3. The monoisotopic (exact) mass is 271 g/mol. The van der Waals surface area contributed by atoms with Crippen molar-refractivity contribution >= 4 is 11.7 Å². The summed E-state index contributed by atoms with van der Waals surface area (Å²) in [5, 5.41) is 20.9. The first-order chi connectivity index (χ1) is 9.69. The Morgan fingerprint density at radius 1 is 0.950 bits per heavy atom. The van der Waals surface area contributed by atoms with Crippen LogP contribution in [0.2, 0.25) is 0 Å². The molecule has 4 heteroatoms. The molecule has 0 aliphatic carbocycles. The normalized spacial score (nSPS) is 10.2. The van der Waals surface area contributed by atoms with Gasteiger partial charge in [0.25, 0.3) is 0 Å². The Balaban J connectivity index is 1.92. The third kappa shape index (κ3) is 3.83. The maximum Gasteiger partial charge on any atom is 0.335 e. The second-order valence-corrected chi connectivity index (χ2v) is 4.53. The van der Waals surface area contributed by atoms with Crippen LogP contribution in [0.5, 0.6) is 0 Å². The van der Waals surface area contributed by atoms with Crippen molar-refractivity contribution in [2.75, 3.05) is 11.9 Å². The predicted octanol–water partition coefficient (Wildman–Crippen LogP) is 2.53. The molecule has 2 rings (SSSR count). The number of rotatable bonds is 6. The number of nitrogens with one attached hydrogen (secondary N) is 1. The van der Waals surface area contributed by atoms with Gasteiger partial charge in [-0.05, 0) is 41.8 Å². The van der Waals surface area contributed by atoms with Gasteiger partial charge in [0.2, 0.25) is 0 Å². The van der Waals surface area contributed by atoms with Gasteiger partial charge in [0.1, 0.15) is 0 Å². The molecular weight excluding hydrogens is 254 g/mol. The standard InChI is InChI=1S/C16H17NO3/c18-10-9-12-3-7-15(8-4-12)17-11-13-1-5-14(6-2-13)16(19)20/h1-8,17-18H,9-11H2,(H,19,20). The quantitative estimate of drug-likeness (QED) is 0.755. The summed E-state index contributed by atoms with van der Waals surface area (Å²) in [4.78, 5) is 10.7. The predicted molar refractivity (Wildman–Crippen MR) is 78.0 cm³/mol. The Morgan fingerprint density at radius 2 is 1.55 bits per heavy atom. The van der Waals surface area contributed by atoms with E-state index in [1.165, 1.54) is 0 Å². The Labute approximate surface area is 117 Å². The van der Waals surface area contributed by atoms with Gasteiger partial charge in [-0.15, -0.1) is 0 Å². The molecule has 0 heterocycles. The minimum atomic E-state index is -0.913. The van der Waals surface area contributed by atoms with Gasteiger partial charge in [-0.2, -0.15) is 0 Å². The molecule has 0 aromatic heterocycles. The molecule has 0 fully saturated rings. The van der Waals surface area contributed by atoms with Crippen LogP contribution in [-0.2, 0) is 13.0 Å². The van der Waals surface area contributed by atoms with E-state index in [0.29, 0.717) is 18.5 Å². The second kappa shape index (κ2) is 6.73. The lowest BCUT2D eigenvalue weighted by Gasteiger charge is -2.08. The lowest BCUT2D eigenvalue weighted by molar-refractivity contribution is 0.0697. The second-order valence-electron chi connectivity index (χ2n) is 4.53. The number of carbonyl (C=O) groups is 1. The molecule has 3 N–H and O–H groups in total. The molecule has 0 bridgehead atoms. The van der Waals surface area contributed by atoms with E-state index in [-0.39, 0.29) is 6.61 Å². The highest BCUT2D eigenvalue weighted by Gasteiger charge is 2.01. The Bertz CT molecular complexity index is 561. The molecule has 2 aromatic carbocycles. The fourth-order valence-electron chi connectivity index (χ4n) is 1.89. The molecule has 0 saturated carbocycles. The van der Waals surface area contributed by atoms with E-state index in [1.807, 2.05) is 24.3 Å². The molecule has 0 spiro atoms. The highest BCUT2D eigenvalue weighted by Crippen LogP contribution is 2.12. The van der Waals surface area contributed by atoms with Gasteiger partial charge in [0, 0.05) is 18.8 Å². The highest BCUT2D eigenvalue weighted by atomic mass is 16.4. The molecule has 0 aliphatic rings. The van der Waals surface area contributed by atoms with E-state index >= 15 is 0 Å². The van der Waals surface area contributed by atoms with Crippen LogP contribution in [0.25, 0.3) is 0 Å². The van der Waals surface area contributed by atoms with Crippen LogP contribution in [0.4, 0.5) is 5.69 Å². The molecule has 0 radical (unpaired) electrons. The van der Waals surface area contributed by atoms with E-state index in [1.54, 1.807) is 24.3 Å². The number of anilines is 1. The zero-order valence-corrected chi connectivity index (χ0v) is 11.0. The number of benzene rings is 2. The first-order valence-electron chi connectivity index (χ1n) is 6.45. The molecule has 20 heavy (non-hydrogen) atoms. The first-order valence-corrected chi connectivity index (χ1v) is 6.45. The molecule has 0 unspecified atom stereocenters. The van der Waals surface area contributed by atoms with Crippen molar-refractivity contribution in [3.63, 3.8) is 0 Å². The van der Waals surface area contributed by atoms with Gasteiger partial charge in [0.15, 0.2) is 0 Å². The Morgan fingerprint density at radius 3 is 2.10 bits per heavy atom. The van der Waals surface area contributed by atoms with Crippen LogP contribution >= 0.6 is 0 Å². The van der Waals surface area contributed by atoms with Gasteiger partial charge in [-0.25, -0.2) is 4.79 Å². The number of hydrogen-bond donors (Lipinski definition) is 3. The number of aromatic carboxylic acids is 1. The van der Waals surface area contributed by atoms with Crippen molar-refractivity contribution < 1.29 is 15.0 Å². The van der Waals surface area contributed by atoms with E-state index < -0.39 is 5.97 Å². The molecule has 2 aromatic rings. The van der Waals surface area contributed by atoms with Crippen molar-refractivity contribution in [2.24, 2.45) is 0 Å². The van der Waals surface area contributed by atoms with Crippen LogP contribution in [0, 0.1) is 0 Å². The lowest BCUT2D eigenvalue weighted by atomic mass is 10.1. The van der Waals surface area contributed by atoms with Crippen molar-refractivity contribution in [2.45, 2.75) is 13.0 Å². The maximum absolute atomic E-state index is 10.7. The van der Waals surface area contributed by atoms with Crippen LogP contribution in [0.15, 0.2) is 48.5 Å². The van der Waals surface area contributed by atoms with Gasteiger partial charge in [-0.3, -0.25) is 0 Å². The largest absolute Gasteiger partial charge is 0.478 e. The third-order valence-corrected chi connectivity index (χ3v) is 3.05. The fourth-order valence-corrected chi connectivity index (χ4v) is 1.89. The summed E-state index contributed by atoms with van der Waals surface area (Å²) in [5.74, 6) is -0.913. The summed E-state index contributed by atoms with van der Waals surface area (Å²) in [6.07, 6.45) is 0.664. The maximum atomic E-state index is 10.7. The number of hydrogen-bond acceptors (Lipinski definition) is 3. The number of carboxylic acids is 1. The van der Waals surface area contributed by atoms with Gasteiger partial charge >= 0.3 is 5.97 Å². The fraction of sp³-hybridized carbons (Fsp3) is 0.188. The average Bonchev–Trinajstić information content (AvgIpc) is 2.47.